The number of halogens is 1. The normalized spacial score (nSPS) is 11.4. The van der Waals surface area contributed by atoms with Crippen LogP contribution in [0.2, 0.25) is 0 Å². The van der Waals surface area contributed by atoms with E-state index in [0.29, 0.717) is 6.42 Å². The Morgan fingerprint density at radius 2 is 2.00 bits per heavy atom. The van der Waals surface area contributed by atoms with Gasteiger partial charge in [-0.25, -0.2) is 22.5 Å². The van der Waals surface area contributed by atoms with Gasteiger partial charge < -0.3 is 5.32 Å². The van der Waals surface area contributed by atoms with Gasteiger partial charge in [0.05, 0.1) is 16.5 Å². The molecule has 1 heterocycles. The van der Waals surface area contributed by atoms with E-state index in [2.05, 4.69) is 15.0 Å². The highest BCUT2D eigenvalue weighted by atomic mass is 32.2. The van der Waals surface area contributed by atoms with E-state index >= 15 is 0 Å². The summed E-state index contributed by atoms with van der Waals surface area (Å²) in [6.07, 6.45) is 0.701. The summed E-state index contributed by atoms with van der Waals surface area (Å²) in [5.41, 5.74) is 1.57. The van der Waals surface area contributed by atoms with Crippen molar-refractivity contribution in [2.75, 3.05) is 19.3 Å². The number of carbonyl (C=O) groups excluding carboxylic acids is 1. The van der Waals surface area contributed by atoms with Crippen molar-refractivity contribution in [2.24, 2.45) is 0 Å². The maximum absolute atomic E-state index is 12.9. The summed E-state index contributed by atoms with van der Waals surface area (Å²) >= 11 is 1.43. The predicted molar refractivity (Wildman–Crippen MR) is 91.7 cm³/mol. The first-order valence-corrected chi connectivity index (χ1v) is 9.81. The standard InChI is InChI=1S/C15H18FN3O3S2/c1-17-24(21,22)9-8-18-14(20)6-7-15-19-13(10-23-15)11-2-4-12(16)5-3-11/h2-5,10,17H,6-9H2,1H3,(H,18,20). The van der Waals surface area contributed by atoms with Crippen molar-refractivity contribution in [3.63, 3.8) is 0 Å². The van der Waals surface area contributed by atoms with E-state index in [1.807, 2.05) is 5.38 Å². The fraction of sp³-hybridized carbons (Fsp3) is 0.333. The number of sulfonamides is 1. The number of nitrogens with one attached hydrogen (secondary N) is 2. The number of nitrogens with zero attached hydrogens (tertiary/aromatic N) is 1. The molecule has 2 aromatic rings. The first-order chi connectivity index (χ1) is 11.4. The van der Waals surface area contributed by atoms with E-state index in [1.54, 1.807) is 12.1 Å². The number of benzene rings is 1. The molecule has 130 valence electrons. The number of rotatable bonds is 8. The number of aromatic nitrogens is 1. The fourth-order valence-electron chi connectivity index (χ4n) is 1.91. The number of thiazole rings is 1. The first kappa shape index (κ1) is 18.5. The molecule has 1 amide bonds. The van der Waals surface area contributed by atoms with Crippen molar-refractivity contribution in [1.29, 1.82) is 0 Å². The van der Waals surface area contributed by atoms with Crippen LogP contribution in [0.25, 0.3) is 11.3 Å². The molecule has 24 heavy (non-hydrogen) atoms. The predicted octanol–water partition coefficient (Wildman–Crippen LogP) is 1.55. The molecule has 9 heteroatoms. The van der Waals surface area contributed by atoms with Gasteiger partial charge >= 0.3 is 0 Å². The van der Waals surface area contributed by atoms with Crippen molar-refractivity contribution in [2.45, 2.75) is 12.8 Å². The van der Waals surface area contributed by atoms with Gasteiger partial charge in [0, 0.05) is 30.3 Å². The molecule has 0 radical (unpaired) electrons. The Morgan fingerprint density at radius 3 is 2.67 bits per heavy atom. The van der Waals surface area contributed by atoms with Crippen LogP contribution in [0.5, 0.6) is 0 Å². The second-order valence-electron chi connectivity index (χ2n) is 5.01. The van der Waals surface area contributed by atoms with Crippen LogP contribution in [0.4, 0.5) is 4.39 Å². The molecule has 1 aromatic carbocycles. The maximum atomic E-state index is 12.9. The van der Waals surface area contributed by atoms with Crippen LogP contribution < -0.4 is 10.0 Å². The summed E-state index contributed by atoms with van der Waals surface area (Å²) in [6.45, 7) is 0.0701. The van der Waals surface area contributed by atoms with E-state index in [9.17, 15) is 17.6 Å². The third kappa shape index (κ3) is 5.66. The van der Waals surface area contributed by atoms with Gasteiger partial charge in [-0.1, -0.05) is 0 Å². The molecule has 0 aliphatic heterocycles. The lowest BCUT2D eigenvalue weighted by atomic mass is 10.2. The van der Waals surface area contributed by atoms with Crippen LogP contribution in [0.1, 0.15) is 11.4 Å². The number of hydrogen-bond acceptors (Lipinski definition) is 5. The second-order valence-corrected chi connectivity index (χ2v) is 7.99. The summed E-state index contributed by atoms with van der Waals surface area (Å²) in [7, 11) is -1.98. The number of aryl methyl sites for hydroxylation is 1. The van der Waals surface area contributed by atoms with E-state index < -0.39 is 10.0 Å². The molecule has 0 atom stereocenters. The lowest BCUT2D eigenvalue weighted by molar-refractivity contribution is -0.120. The van der Waals surface area contributed by atoms with Crippen molar-refractivity contribution in [1.82, 2.24) is 15.0 Å². The molecular formula is C15H18FN3O3S2. The molecule has 0 spiro atoms. The molecule has 0 bridgehead atoms. The summed E-state index contributed by atoms with van der Waals surface area (Å²) in [5, 5.41) is 5.22. The zero-order valence-electron chi connectivity index (χ0n) is 13.1. The molecule has 0 aliphatic carbocycles. The Morgan fingerprint density at radius 1 is 1.29 bits per heavy atom. The fourth-order valence-corrected chi connectivity index (χ4v) is 3.30. The van der Waals surface area contributed by atoms with Crippen LogP contribution >= 0.6 is 11.3 Å². The quantitative estimate of drug-likeness (QED) is 0.737. The number of hydrogen-bond donors (Lipinski definition) is 2. The van der Waals surface area contributed by atoms with Crippen LogP contribution in [0.3, 0.4) is 0 Å². The smallest absolute Gasteiger partial charge is 0.220 e. The van der Waals surface area contributed by atoms with Crippen molar-refractivity contribution in [3.05, 3.63) is 40.5 Å². The Kier molecular flexibility index (Phi) is 6.41. The maximum Gasteiger partial charge on any atom is 0.220 e. The van der Waals surface area contributed by atoms with Gasteiger partial charge in [-0.3, -0.25) is 4.79 Å². The van der Waals surface area contributed by atoms with E-state index in [4.69, 9.17) is 0 Å². The highest BCUT2D eigenvalue weighted by molar-refractivity contribution is 7.89. The lowest BCUT2D eigenvalue weighted by Crippen LogP contribution is -2.33. The molecule has 0 fully saturated rings. The minimum atomic E-state index is -3.31. The lowest BCUT2D eigenvalue weighted by Gasteiger charge is -2.04. The SMILES string of the molecule is CNS(=O)(=O)CCNC(=O)CCc1nc(-c2ccc(F)cc2)cs1. The molecule has 2 N–H and O–H groups in total. The topological polar surface area (TPSA) is 88.2 Å². The van der Waals surface area contributed by atoms with E-state index in [-0.39, 0.29) is 30.4 Å². The average molecular weight is 371 g/mol. The summed E-state index contributed by atoms with van der Waals surface area (Å²) in [6, 6.07) is 6.06. The Labute approximate surface area is 144 Å². The highest BCUT2D eigenvalue weighted by Crippen LogP contribution is 2.22. The van der Waals surface area contributed by atoms with Gasteiger partial charge in [-0.2, -0.15) is 0 Å². The van der Waals surface area contributed by atoms with Crippen molar-refractivity contribution >= 4 is 27.3 Å². The van der Waals surface area contributed by atoms with Gasteiger partial charge in [-0.15, -0.1) is 11.3 Å². The molecule has 0 saturated carbocycles. The highest BCUT2D eigenvalue weighted by Gasteiger charge is 2.10. The summed E-state index contributed by atoms with van der Waals surface area (Å²) in [5.74, 6) is -0.674. The van der Waals surface area contributed by atoms with E-state index in [1.165, 1.54) is 30.5 Å². The van der Waals surface area contributed by atoms with E-state index in [0.717, 1.165) is 16.3 Å². The number of carbonyl (C=O) groups is 1. The van der Waals surface area contributed by atoms with Crippen LogP contribution in [-0.2, 0) is 21.2 Å². The van der Waals surface area contributed by atoms with Crippen molar-refractivity contribution < 1.29 is 17.6 Å². The monoisotopic (exact) mass is 371 g/mol. The van der Waals surface area contributed by atoms with Gasteiger partial charge in [0.15, 0.2) is 0 Å². The van der Waals surface area contributed by atoms with Crippen LogP contribution in [0.15, 0.2) is 29.6 Å². The summed E-state index contributed by atoms with van der Waals surface area (Å²) < 4.78 is 37.5. The van der Waals surface area contributed by atoms with Crippen LogP contribution in [-0.4, -0.2) is 38.7 Å². The summed E-state index contributed by atoms with van der Waals surface area (Å²) in [4.78, 5) is 16.1. The molecule has 6 nitrogen and oxygen atoms in total. The minimum Gasteiger partial charge on any atom is -0.355 e. The molecule has 0 aliphatic rings. The van der Waals surface area contributed by atoms with Gasteiger partial charge in [-0.05, 0) is 31.3 Å². The molecule has 1 aromatic heterocycles. The van der Waals surface area contributed by atoms with Gasteiger partial charge in [0.2, 0.25) is 15.9 Å². The zero-order valence-corrected chi connectivity index (χ0v) is 14.7. The molecular weight excluding hydrogens is 353 g/mol. The largest absolute Gasteiger partial charge is 0.355 e. The Hall–Kier alpha value is -1.84. The van der Waals surface area contributed by atoms with Crippen molar-refractivity contribution in [3.8, 4) is 11.3 Å². The minimum absolute atomic E-state index is 0.0701. The first-order valence-electron chi connectivity index (χ1n) is 7.28. The molecule has 0 saturated heterocycles. The van der Waals surface area contributed by atoms with Crippen LogP contribution in [0, 0.1) is 5.82 Å². The molecule has 0 unspecified atom stereocenters. The third-order valence-electron chi connectivity index (χ3n) is 3.26. The number of amides is 1. The van der Waals surface area contributed by atoms with Gasteiger partial charge in [0.25, 0.3) is 0 Å². The third-order valence-corrected chi connectivity index (χ3v) is 5.53. The second kappa shape index (κ2) is 8.32. The Bertz CT molecular complexity index is 789. The molecule has 2 rings (SSSR count). The zero-order chi connectivity index (χ0) is 17.6. The van der Waals surface area contributed by atoms with Gasteiger partial charge in [0.1, 0.15) is 5.82 Å². The average Bonchev–Trinajstić information content (AvgIpc) is 3.02. The Balaban J connectivity index is 1.80.